The van der Waals surface area contributed by atoms with E-state index in [2.05, 4.69) is 5.32 Å². The molecule has 3 N–H and O–H groups in total. The molecule has 2 aromatic carbocycles. The van der Waals surface area contributed by atoms with Gasteiger partial charge in [0.15, 0.2) is 18.1 Å². The minimum Gasteiger partial charge on any atom is -0.490 e. The Bertz CT molecular complexity index is 686. The number of amides is 1. The molecule has 128 valence electrons. The lowest BCUT2D eigenvalue weighted by Gasteiger charge is -2.13. The lowest BCUT2D eigenvalue weighted by Crippen LogP contribution is -2.20. The lowest BCUT2D eigenvalue weighted by atomic mass is 10.1. The van der Waals surface area contributed by atoms with E-state index >= 15 is 0 Å². The van der Waals surface area contributed by atoms with Crippen LogP contribution in [0.3, 0.4) is 0 Å². The molecular weight excluding hydrogens is 304 g/mol. The monoisotopic (exact) mass is 328 g/mol. The molecule has 0 heterocycles. The molecule has 0 atom stereocenters. The average Bonchev–Trinajstić information content (AvgIpc) is 2.55. The van der Waals surface area contributed by atoms with Crippen LogP contribution in [-0.2, 0) is 11.2 Å². The molecule has 0 spiro atoms. The van der Waals surface area contributed by atoms with Gasteiger partial charge in [-0.05, 0) is 62.2 Å². The summed E-state index contributed by atoms with van der Waals surface area (Å²) in [5.74, 6) is 0.970. The van der Waals surface area contributed by atoms with Crippen LogP contribution in [0.4, 0.5) is 5.69 Å². The van der Waals surface area contributed by atoms with Crippen molar-refractivity contribution in [2.24, 2.45) is 5.73 Å². The van der Waals surface area contributed by atoms with Crippen LogP contribution in [-0.4, -0.2) is 25.7 Å². The summed E-state index contributed by atoms with van der Waals surface area (Å²) in [6.45, 7) is 4.90. The third-order valence-electron chi connectivity index (χ3n) is 3.40. The first-order chi connectivity index (χ1) is 11.6. The van der Waals surface area contributed by atoms with Gasteiger partial charge in [0.1, 0.15) is 0 Å². The fourth-order valence-electron chi connectivity index (χ4n) is 2.33. The summed E-state index contributed by atoms with van der Waals surface area (Å²) in [6.07, 6.45) is 0.772. The molecule has 5 heteroatoms. The summed E-state index contributed by atoms with van der Waals surface area (Å²) in [4.78, 5) is 12.0. The number of rotatable bonds is 8. The average molecular weight is 328 g/mol. The number of anilines is 1. The maximum atomic E-state index is 12.0. The van der Waals surface area contributed by atoms with Crippen molar-refractivity contribution in [2.45, 2.75) is 20.3 Å². The van der Waals surface area contributed by atoms with Crippen molar-refractivity contribution in [3.8, 4) is 11.5 Å². The maximum Gasteiger partial charge on any atom is 0.262 e. The summed E-state index contributed by atoms with van der Waals surface area (Å²) in [6, 6.07) is 13.3. The van der Waals surface area contributed by atoms with Crippen molar-refractivity contribution in [2.75, 3.05) is 25.1 Å². The second-order valence-electron chi connectivity index (χ2n) is 5.46. The Morgan fingerprint density at radius 3 is 2.67 bits per heavy atom. The first-order valence-electron chi connectivity index (χ1n) is 8.07. The highest BCUT2D eigenvalue weighted by Gasteiger charge is 2.09. The molecule has 0 aliphatic rings. The standard InChI is InChI=1S/C19H24N2O3/c1-3-23-18-12-15(9-10-20)7-8-17(18)24-13-19(22)21-16-6-4-5-14(2)11-16/h4-8,11-12H,3,9-10,13,20H2,1-2H3,(H,21,22). The Labute approximate surface area is 142 Å². The predicted molar refractivity (Wildman–Crippen MR) is 95.7 cm³/mol. The number of ether oxygens (including phenoxy) is 2. The van der Waals surface area contributed by atoms with E-state index in [0.717, 1.165) is 23.2 Å². The van der Waals surface area contributed by atoms with Crippen molar-refractivity contribution in [3.05, 3.63) is 53.6 Å². The fourth-order valence-corrected chi connectivity index (χ4v) is 2.33. The van der Waals surface area contributed by atoms with E-state index in [-0.39, 0.29) is 12.5 Å². The molecule has 0 aliphatic carbocycles. The van der Waals surface area contributed by atoms with Crippen LogP contribution in [0.5, 0.6) is 11.5 Å². The molecule has 2 rings (SSSR count). The summed E-state index contributed by atoms with van der Waals surface area (Å²) in [5.41, 5.74) is 8.50. The molecule has 0 bridgehead atoms. The van der Waals surface area contributed by atoms with Gasteiger partial charge in [0, 0.05) is 5.69 Å². The van der Waals surface area contributed by atoms with Crippen LogP contribution in [0, 0.1) is 6.92 Å². The van der Waals surface area contributed by atoms with Gasteiger partial charge in [-0.15, -0.1) is 0 Å². The molecule has 0 saturated heterocycles. The van der Waals surface area contributed by atoms with E-state index in [4.69, 9.17) is 15.2 Å². The van der Waals surface area contributed by atoms with Crippen LogP contribution >= 0.6 is 0 Å². The van der Waals surface area contributed by atoms with Crippen LogP contribution in [0.1, 0.15) is 18.1 Å². The highest BCUT2D eigenvalue weighted by atomic mass is 16.5. The normalized spacial score (nSPS) is 10.3. The third kappa shape index (κ3) is 5.28. The van der Waals surface area contributed by atoms with E-state index < -0.39 is 0 Å². The molecule has 2 aromatic rings. The van der Waals surface area contributed by atoms with Crippen LogP contribution in [0.2, 0.25) is 0 Å². The Balaban J connectivity index is 1.98. The largest absolute Gasteiger partial charge is 0.490 e. The number of nitrogens with two attached hydrogens (primary N) is 1. The highest BCUT2D eigenvalue weighted by Crippen LogP contribution is 2.28. The van der Waals surface area contributed by atoms with Crippen molar-refractivity contribution >= 4 is 11.6 Å². The first kappa shape index (κ1) is 17.8. The smallest absolute Gasteiger partial charge is 0.262 e. The second kappa shape index (κ2) is 8.93. The van der Waals surface area contributed by atoms with Gasteiger partial charge in [-0.2, -0.15) is 0 Å². The predicted octanol–water partition coefficient (Wildman–Crippen LogP) is 2.91. The molecule has 0 radical (unpaired) electrons. The van der Waals surface area contributed by atoms with Crippen molar-refractivity contribution in [1.82, 2.24) is 0 Å². The Kier molecular flexibility index (Phi) is 6.63. The molecule has 0 saturated carbocycles. The second-order valence-corrected chi connectivity index (χ2v) is 5.46. The highest BCUT2D eigenvalue weighted by molar-refractivity contribution is 5.91. The molecule has 1 amide bonds. The Hall–Kier alpha value is -2.53. The van der Waals surface area contributed by atoms with E-state index in [0.29, 0.717) is 24.7 Å². The Morgan fingerprint density at radius 2 is 1.96 bits per heavy atom. The van der Waals surface area contributed by atoms with Gasteiger partial charge < -0.3 is 20.5 Å². The zero-order valence-electron chi connectivity index (χ0n) is 14.2. The topological polar surface area (TPSA) is 73.6 Å². The summed E-state index contributed by atoms with van der Waals surface area (Å²) in [5, 5.41) is 2.81. The number of carbonyl (C=O) groups excluding carboxylic acids is 1. The molecule has 5 nitrogen and oxygen atoms in total. The van der Waals surface area contributed by atoms with Crippen molar-refractivity contribution in [3.63, 3.8) is 0 Å². The zero-order valence-corrected chi connectivity index (χ0v) is 14.2. The number of aryl methyl sites for hydroxylation is 1. The Morgan fingerprint density at radius 1 is 1.12 bits per heavy atom. The molecule has 0 aliphatic heterocycles. The molecular formula is C19H24N2O3. The SMILES string of the molecule is CCOc1cc(CCN)ccc1OCC(=O)Nc1cccc(C)c1. The van der Waals surface area contributed by atoms with Gasteiger partial charge in [0.2, 0.25) is 0 Å². The van der Waals surface area contributed by atoms with E-state index in [1.165, 1.54) is 0 Å². The van der Waals surface area contributed by atoms with Crippen molar-refractivity contribution in [1.29, 1.82) is 0 Å². The van der Waals surface area contributed by atoms with E-state index in [1.807, 2.05) is 56.3 Å². The molecule has 24 heavy (non-hydrogen) atoms. The molecule has 0 unspecified atom stereocenters. The van der Waals surface area contributed by atoms with Gasteiger partial charge in [0.25, 0.3) is 5.91 Å². The summed E-state index contributed by atoms with van der Waals surface area (Å²) >= 11 is 0. The summed E-state index contributed by atoms with van der Waals surface area (Å²) in [7, 11) is 0. The van der Waals surface area contributed by atoms with Crippen molar-refractivity contribution < 1.29 is 14.3 Å². The van der Waals surface area contributed by atoms with Gasteiger partial charge in [-0.1, -0.05) is 18.2 Å². The van der Waals surface area contributed by atoms with Gasteiger partial charge in [-0.3, -0.25) is 4.79 Å². The fraction of sp³-hybridized carbons (Fsp3) is 0.316. The number of hydrogen-bond acceptors (Lipinski definition) is 4. The van der Waals surface area contributed by atoms with Gasteiger partial charge in [-0.25, -0.2) is 0 Å². The minimum absolute atomic E-state index is 0.0791. The zero-order chi connectivity index (χ0) is 17.4. The minimum atomic E-state index is -0.214. The van der Waals surface area contributed by atoms with E-state index in [1.54, 1.807) is 0 Å². The summed E-state index contributed by atoms with van der Waals surface area (Å²) < 4.78 is 11.2. The van der Waals surface area contributed by atoms with Crippen LogP contribution in [0.15, 0.2) is 42.5 Å². The number of carbonyl (C=O) groups is 1. The van der Waals surface area contributed by atoms with E-state index in [9.17, 15) is 4.79 Å². The first-order valence-corrected chi connectivity index (χ1v) is 8.07. The molecule has 0 aromatic heterocycles. The third-order valence-corrected chi connectivity index (χ3v) is 3.40. The number of benzene rings is 2. The van der Waals surface area contributed by atoms with Crippen LogP contribution < -0.4 is 20.5 Å². The molecule has 0 fully saturated rings. The maximum absolute atomic E-state index is 12.0. The lowest BCUT2D eigenvalue weighted by molar-refractivity contribution is -0.118. The van der Waals surface area contributed by atoms with Gasteiger partial charge in [0.05, 0.1) is 6.61 Å². The number of hydrogen-bond donors (Lipinski definition) is 2. The quantitative estimate of drug-likeness (QED) is 0.781. The number of nitrogens with one attached hydrogen (secondary N) is 1. The van der Waals surface area contributed by atoms with Gasteiger partial charge >= 0.3 is 0 Å². The van der Waals surface area contributed by atoms with Crippen LogP contribution in [0.25, 0.3) is 0 Å².